The van der Waals surface area contributed by atoms with Crippen molar-refractivity contribution in [2.24, 2.45) is 0 Å². The summed E-state index contributed by atoms with van der Waals surface area (Å²) in [6, 6.07) is 47.0. The van der Waals surface area contributed by atoms with Gasteiger partial charge in [0.2, 0.25) is 0 Å². The van der Waals surface area contributed by atoms with E-state index in [-0.39, 0.29) is 5.92 Å². The Morgan fingerprint density at radius 1 is 0.644 bits per heavy atom. The SMILES string of the molecule is C=C1/C=C(c2ccc3ccccc3c2C)\C=C/C(C)c2ccccc2C12c1ccccc1-n1c3ccccc3c3cccc2c31. The van der Waals surface area contributed by atoms with Crippen molar-refractivity contribution in [1.82, 2.24) is 4.57 Å². The van der Waals surface area contributed by atoms with Gasteiger partial charge in [0.05, 0.1) is 22.1 Å². The number of rotatable bonds is 1. The van der Waals surface area contributed by atoms with Gasteiger partial charge in [-0.3, -0.25) is 0 Å². The van der Waals surface area contributed by atoms with Crippen molar-refractivity contribution in [3.63, 3.8) is 0 Å². The Morgan fingerprint density at radius 3 is 2.22 bits per heavy atom. The van der Waals surface area contributed by atoms with Crippen LogP contribution in [-0.2, 0) is 5.41 Å². The van der Waals surface area contributed by atoms with Gasteiger partial charge < -0.3 is 4.57 Å². The minimum Gasteiger partial charge on any atom is -0.309 e. The Kier molecular flexibility index (Phi) is 5.53. The zero-order valence-corrected chi connectivity index (χ0v) is 25.6. The van der Waals surface area contributed by atoms with Gasteiger partial charge in [0, 0.05) is 10.8 Å². The highest BCUT2D eigenvalue weighted by Gasteiger charge is 2.46. The van der Waals surface area contributed by atoms with Crippen LogP contribution in [0.15, 0.2) is 158 Å². The molecule has 1 nitrogen and oxygen atoms in total. The summed E-state index contributed by atoms with van der Waals surface area (Å²) in [5.74, 6) is 0.201. The highest BCUT2D eigenvalue weighted by molar-refractivity contribution is 6.12. The summed E-state index contributed by atoms with van der Waals surface area (Å²) in [5.41, 5.74) is 13.1. The first-order chi connectivity index (χ1) is 22.1. The molecule has 0 bridgehead atoms. The third-order valence-electron chi connectivity index (χ3n) is 10.4. The van der Waals surface area contributed by atoms with E-state index in [1.807, 2.05) is 0 Å². The van der Waals surface area contributed by atoms with Gasteiger partial charge in [0.15, 0.2) is 0 Å². The molecular weight excluding hydrogens is 542 g/mol. The smallest absolute Gasteiger partial charge is 0.0739 e. The Balaban J connectivity index is 1.44. The molecule has 0 N–H and O–H groups in total. The zero-order chi connectivity index (χ0) is 30.3. The predicted molar refractivity (Wildman–Crippen MR) is 190 cm³/mol. The summed E-state index contributed by atoms with van der Waals surface area (Å²) in [6.07, 6.45) is 7.07. The summed E-state index contributed by atoms with van der Waals surface area (Å²) >= 11 is 0. The lowest BCUT2D eigenvalue weighted by molar-refractivity contribution is 0.712. The van der Waals surface area contributed by atoms with Crippen LogP contribution >= 0.6 is 0 Å². The van der Waals surface area contributed by atoms with Gasteiger partial charge in [-0.25, -0.2) is 0 Å². The number of hydrogen-bond donors (Lipinski definition) is 0. The van der Waals surface area contributed by atoms with Crippen molar-refractivity contribution >= 4 is 38.2 Å². The second-order valence-corrected chi connectivity index (χ2v) is 12.6. The molecule has 45 heavy (non-hydrogen) atoms. The molecule has 0 saturated heterocycles. The van der Waals surface area contributed by atoms with Crippen molar-refractivity contribution in [1.29, 1.82) is 0 Å². The number of para-hydroxylation sites is 3. The fourth-order valence-corrected chi connectivity index (χ4v) is 8.35. The van der Waals surface area contributed by atoms with Crippen LogP contribution < -0.4 is 0 Å². The van der Waals surface area contributed by atoms with Gasteiger partial charge in [0.25, 0.3) is 0 Å². The molecule has 1 heteroatoms. The lowest BCUT2D eigenvalue weighted by Gasteiger charge is -2.43. The first kappa shape index (κ1) is 26.0. The highest BCUT2D eigenvalue weighted by Crippen LogP contribution is 2.56. The maximum absolute atomic E-state index is 5.02. The molecular formula is C44H33N. The van der Waals surface area contributed by atoms with Gasteiger partial charge in [-0.1, -0.05) is 147 Å². The second-order valence-electron chi connectivity index (χ2n) is 12.6. The third-order valence-corrected chi connectivity index (χ3v) is 10.4. The van der Waals surface area contributed by atoms with Gasteiger partial charge >= 0.3 is 0 Å². The second kappa shape index (κ2) is 9.55. The van der Waals surface area contributed by atoms with E-state index in [2.05, 4.69) is 164 Å². The van der Waals surface area contributed by atoms with E-state index in [1.54, 1.807) is 0 Å². The Bertz CT molecular complexity index is 2430. The summed E-state index contributed by atoms with van der Waals surface area (Å²) in [4.78, 5) is 0. The van der Waals surface area contributed by atoms with E-state index in [9.17, 15) is 0 Å². The first-order valence-corrected chi connectivity index (χ1v) is 15.9. The predicted octanol–water partition coefficient (Wildman–Crippen LogP) is 11.2. The fraction of sp³-hybridized carbons (Fsp3) is 0.0909. The lowest BCUT2D eigenvalue weighted by Crippen LogP contribution is -2.36. The molecule has 1 aliphatic carbocycles. The minimum atomic E-state index is -0.590. The number of aromatic nitrogens is 1. The van der Waals surface area contributed by atoms with Gasteiger partial charge in [0.1, 0.15) is 0 Å². The molecule has 1 spiro atoms. The molecule has 0 saturated carbocycles. The molecule has 0 amide bonds. The summed E-state index contributed by atoms with van der Waals surface area (Å²) in [5, 5.41) is 5.12. The number of nitrogens with zero attached hydrogens (tertiary/aromatic N) is 1. The van der Waals surface area contributed by atoms with Gasteiger partial charge in [-0.05, 0) is 80.3 Å². The van der Waals surface area contributed by atoms with Crippen LogP contribution in [0.1, 0.15) is 46.2 Å². The topological polar surface area (TPSA) is 4.93 Å². The molecule has 2 heterocycles. The largest absolute Gasteiger partial charge is 0.309 e. The Morgan fingerprint density at radius 2 is 1.33 bits per heavy atom. The van der Waals surface area contributed by atoms with Crippen molar-refractivity contribution in [2.75, 3.05) is 0 Å². The molecule has 214 valence electrons. The average Bonchev–Trinajstić information content (AvgIpc) is 3.44. The van der Waals surface area contributed by atoms with E-state index in [4.69, 9.17) is 6.58 Å². The Hall–Kier alpha value is -5.40. The number of hydrogen-bond acceptors (Lipinski definition) is 0. The number of benzene rings is 6. The summed E-state index contributed by atoms with van der Waals surface area (Å²) in [6.45, 7) is 9.60. The van der Waals surface area contributed by atoms with E-state index in [0.717, 1.165) is 5.57 Å². The van der Waals surface area contributed by atoms with Crippen LogP contribution in [0.3, 0.4) is 0 Å². The van der Waals surface area contributed by atoms with Crippen molar-refractivity contribution in [2.45, 2.75) is 25.2 Å². The zero-order valence-electron chi connectivity index (χ0n) is 25.6. The van der Waals surface area contributed by atoms with Crippen LogP contribution in [0.25, 0.3) is 43.8 Å². The molecule has 7 aromatic rings. The van der Waals surface area contributed by atoms with Crippen molar-refractivity contribution in [3.8, 4) is 5.69 Å². The van der Waals surface area contributed by atoms with E-state index >= 15 is 0 Å². The van der Waals surface area contributed by atoms with E-state index in [0.29, 0.717) is 0 Å². The fourth-order valence-electron chi connectivity index (χ4n) is 8.35. The van der Waals surface area contributed by atoms with E-state index < -0.39 is 5.41 Å². The molecule has 0 fully saturated rings. The van der Waals surface area contributed by atoms with Gasteiger partial charge in [-0.2, -0.15) is 0 Å². The molecule has 2 atom stereocenters. The number of allylic oxidation sites excluding steroid dienone is 5. The van der Waals surface area contributed by atoms with Gasteiger partial charge in [-0.15, -0.1) is 0 Å². The molecule has 2 unspecified atom stereocenters. The van der Waals surface area contributed by atoms with Crippen LogP contribution in [0.2, 0.25) is 0 Å². The maximum Gasteiger partial charge on any atom is 0.0739 e. The Labute approximate surface area is 264 Å². The number of fused-ring (bicyclic) bond motifs is 10. The molecule has 9 rings (SSSR count). The van der Waals surface area contributed by atoms with Crippen LogP contribution in [0.5, 0.6) is 0 Å². The van der Waals surface area contributed by atoms with Crippen LogP contribution in [0.4, 0.5) is 0 Å². The first-order valence-electron chi connectivity index (χ1n) is 15.9. The summed E-state index contributed by atoms with van der Waals surface area (Å²) in [7, 11) is 0. The van der Waals surface area contributed by atoms with Crippen LogP contribution in [0, 0.1) is 6.92 Å². The van der Waals surface area contributed by atoms with E-state index in [1.165, 1.54) is 77.2 Å². The molecule has 2 aliphatic rings. The van der Waals surface area contributed by atoms with Crippen LogP contribution in [-0.4, -0.2) is 4.57 Å². The normalized spacial score (nSPS) is 20.7. The maximum atomic E-state index is 5.02. The quantitative estimate of drug-likeness (QED) is 0.183. The van der Waals surface area contributed by atoms with Crippen molar-refractivity contribution in [3.05, 3.63) is 191 Å². The highest BCUT2D eigenvalue weighted by atomic mass is 15.0. The van der Waals surface area contributed by atoms with Crippen molar-refractivity contribution < 1.29 is 0 Å². The molecule has 1 aliphatic heterocycles. The molecule has 6 aromatic carbocycles. The average molecular weight is 576 g/mol. The summed E-state index contributed by atoms with van der Waals surface area (Å²) < 4.78 is 2.49. The lowest BCUT2D eigenvalue weighted by atomic mass is 9.61. The third kappa shape index (κ3) is 3.44. The standard InChI is InChI=1S/C44H33N/c1-28-23-24-32(35-26-25-31-13-4-5-15-34(31)30(35)3)27-29(2)44(38-18-8-6-14-33(28)38)39-19-9-11-22-42(39)45-41-21-10-7-16-36(41)37-17-12-20-40(44)43(37)45/h4-28H,2H2,1,3H3/b24-23-,32-27+. The minimum absolute atomic E-state index is 0.201. The molecule has 1 aromatic heterocycles. The molecule has 0 radical (unpaired) electrons. The monoisotopic (exact) mass is 575 g/mol. The number of aryl methyl sites for hydroxylation is 1.